The zero-order valence-electron chi connectivity index (χ0n) is 65.6. The summed E-state index contributed by atoms with van der Waals surface area (Å²) in [6.45, 7) is 0. The topological polar surface area (TPSA) is 155 Å². The number of rotatable bonds is 13. The van der Waals surface area contributed by atoms with Crippen LogP contribution in [0.5, 0.6) is 0 Å². The highest BCUT2D eigenvalue weighted by Gasteiger charge is 2.19. The van der Waals surface area contributed by atoms with Crippen LogP contribution in [0.4, 0.5) is 0 Å². The lowest BCUT2D eigenvalue weighted by Gasteiger charge is -2.11. The van der Waals surface area contributed by atoms with E-state index in [1.807, 2.05) is 140 Å². The van der Waals surface area contributed by atoms with E-state index in [1.165, 1.54) is 0 Å². The first-order chi connectivity index (χ1) is 60.3. The third kappa shape index (κ3) is 14.2. The van der Waals surface area contributed by atoms with Crippen molar-refractivity contribution in [3.63, 3.8) is 0 Å². The van der Waals surface area contributed by atoms with Crippen molar-refractivity contribution in [3.05, 3.63) is 413 Å². The van der Waals surface area contributed by atoms with Crippen molar-refractivity contribution in [2.24, 2.45) is 0 Å². The van der Waals surface area contributed by atoms with Crippen molar-refractivity contribution in [1.29, 1.82) is 0 Å². The molecule has 13 aromatic carbocycles. The molecule has 10 aromatic heterocycles. The van der Waals surface area contributed by atoms with Crippen molar-refractivity contribution >= 4 is 87.2 Å². The average Bonchev–Trinajstić information content (AvgIpc) is 0.749. The first-order valence-corrected chi connectivity index (χ1v) is 40.6. The zero-order valence-corrected chi connectivity index (χ0v) is 65.6. The zero-order chi connectivity index (χ0) is 80.8. The van der Waals surface area contributed by atoms with Crippen LogP contribution >= 0.6 is 0 Å². The van der Waals surface area contributed by atoms with Crippen molar-refractivity contribution in [2.75, 3.05) is 0 Å². The Bertz CT molecular complexity index is 7860. The largest absolute Gasteiger partial charge is 0.254 e. The van der Waals surface area contributed by atoms with Gasteiger partial charge in [0, 0.05) is 100.0 Å². The molecule has 0 bridgehead atoms. The molecule has 0 aliphatic heterocycles. The van der Waals surface area contributed by atoms with Gasteiger partial charge in [0.2, 0.25) is 0 Å². The van der Waals surface area contributed by atoms with E-state index in [-0.39, 0.29) is 0 Å². The van der Waals surface area contributed by atoms with Gasteiger partial charge in [-0.3, -0.25) is 9.97 Å². The van der Waals surface area contributed by atoms with Crippen LogP contribution in [-0.4, -0.2) is 59.8 Å². The maximum Gasteiger partial charge on any atom is 0.179 e. The summed E-state index contributed by atoms with van der Waals surface area (Å²) in [4.78, 5) is 60.2. The highest BCUT2D eigenvalue weighted by Crippen LogP contribution is 2.39. The Morgan fingerprint density at radius 1 is 0.139 bits per heavy atom. The third-order valence-corrected chi connectivity index (χ3v) is 22.6. The average molecular weight is 1560 g/mol. The number of hydrogen-bond donors (Lipinski definition) is 0. The molecule has 12 nitrogen and oxygen atoms in total. The Hall–Kier alpha value is -16.7. The van der Waals surface area contributed by atoms with Gasteiger partial charge in [-0.05, 0) is 124 Å². The molecule has 0 spiro atoms. The Morgan fingerprint density at radius 2 is 0.426 bits per heavy atom. The molecule has 0 aliphatic carbocycles. The summed E-state index contributed by atoms with van der Waals surface area (Å²) in [5, 5.41) is 8.52. The second kappa shape index (κ2) is 31.1. The molecule has 0 radical (unpaired) electrons. The minimum atomic E-state index is 0.578. The van der Waals surface area contributed by atoms with Gasteiger partial charge in [-0.1, -0.05) is 309 Å². The minimum absolute atomic E-state index is 0.578. The molecule has 23 aromatic rings. The van der Waals surface area contributed by atoms with E-state index in [0.29, 0.717) is 23.0 Å². The molecular weight excluding hydrogens is 1490 g/mol. The molecule has 0 aliphatic rings. The van der Waals surface area contributed by atoms with Crippen LogP contribution in [0.25, 0.3) is 234 Å². The molecule has 23 rings (SSSR count). The van der Waals surface area contributed by atoms with E-state index in [4.69, 9.17) is 54.8 Å². The van der Waals surface area contributed by atoms with Crippen LogP contribution < -0.4 is 0 Å². The molecule has 0 amide bonds. The Balaban J connectivity index is 0.000000146. The summed E-state index contributed by atoms with van der Waals surface area (Å²) < 4.78 is 0. The van der Waals surface area contributed by atoms with Gasteiger partial charge in [0.1, 0.15) is 11.4 Å². The molecule has 0 saturated carbocycles. The van der Waals surface area contributed by atoms with E-state index in [0.717, 1.165) is 211 Å². The fourth-order valence-electron chi connectivity index (χ4n) is 16.3. The smallest absolute Gasteiger partial charge is 0.179 e. The number of nitrogens with zero attached hydrogens (tertiary/aromatic N) is 12. The molecule has 12 heteroatoms. The Kier molecular flexibility index (Phi) is 18.3. The number of fused-ring (bicyclic) bond motifs is 10. The van der Waals surface area contributed by atoms with E-state index < -0.39 is 0 Å². The summed E-state index contributed by atoms with van der Waals surface area (Å²) in [5.41, 5.74) is 30.5. The Labute approximate surface area is 701 Å². The normalized spacial score (nSPS) is 11.4. The van der Waals surface area contributed by atoms with Gasteiger partial charge in [0.15, 0.2) is 11.6 Å². The lowest BCUT2D eigenvalue weighted by Crippen LogP contribution is -1.97. The maximum absolute atomic E-state index is 5.19. The van der Waals surface area contributed by atoms with Crippen molar-refractivity contribution in [2.45, 2.75) is 0 Å². The van der Waals surface area contributed by atoms with Gasteiger partial charge in [-0.25, -0.2) is 49.8 Å². The van der Waals surface area contributed by atoms with Crippen LogP contribution in [0, 0.1) is 0 Å². The lowest BCUT2D eigenvalue weighted by molar-refractivity contribution is 1.16. The predicted octanol–water partition coefficient (Wildman–Crippen LogP) is 27.0. The monoisotopic (exact) mass is 1560 g/mol. The second-order valence-corrected chi connectivity index (χ2v) is 30.3. The highest BCUT2D eigenvalue weighted by molar-refractivity contribution is 6.10. The molecular formula is C110H68N12. The summed E-state index contributed by atoms with van der Waals surface area (Å²) in [5.74, 6) is 1.16. The predicted molar refractivity (Wildman–Crippen MR) is 497 cm³/mol. The molecule has 0 fully saturated rings. The van der Waals surface area contributed by atoms with Gasteiger partial charge in [-0.2, -0.15) is 0 Å². The fourth-order valence-corrected chi connectivity index (χ4v) is 16.3. The number of benzene rings is 13. The molecule has 10 heterocycles. The second-order valence-electron chi connectivity index (χ2n) is 30.3. The fraction of sp³-hybridized carbons (Fsp3) is 0. The van der Waals surface area contributed by atoms with Crippen LogP contribution in [0.15, 0.2) is 413 Å². The lowest BCUT2D eigenvalue weighted by atomic mass is 9.95. The van der Waals surface area contributed by atoms with Crippen molar-refractivity contribution in [1.82, 2.24) is 59.8 Å². The van der Waals surface area contributed by atoms with Gasteiger partial charge in [0.25, 0.3) is 0 Å². The van der Waals surface area contributed by atoms with Crippen LogP contribution in [0.3, 0.4) is 0 Å². The molecule has 122 heavy (non-hydrogen) atoms. The maximum atomic E-state index is 5.19. The minimum Gasteiger partial charge on any atom is -0.254 e. The third-order valence-electron chi connectivity index (χ3n) is 22.6. The number of aromatic nitrogens is 12. The van der Waals surface area contributed by atoms with Gasteiger partial charge in [-0.15, -0.1) is 0 Å². The summed E-state index contributed by atoms with van der Waals surface area (Å²) in [6.07, 6.45) is 3.66. The molecule has 0 unspecified atom stereocenters. The van der Waals surface area contributed by atoms with Gasteiger partial charge in [0.05, 0.1) is 89.7 Å². The van der Waals surface area contributed by atoms with E-state index in [9.17, 15) is 0 Å². The van der Waals surface area contributed by atoms with E-state index >= 15 is 0 Å². The summed E-state index contributed by atoms with van der Waals surface area (Å²) in [7, 11) is 0. The standard InChI is InChI=1S/C58H36N6.C52H32N6/c1-4-10-38(11-5-1)48-31-28-44-22-23-45-29-32-49(62-57(45)56(44)61-48)41-18-16-37(17-19-41)46-24-20-42-26-30-50(59-52(42)34-46)47-25-21-43-27-33-51(60-53(43)35-47)58-63-54(39-12-6-2-7-13-39)36-55(64-58)40-14-8-3-9-15-40;1-3-9-35(10-4-1)48-32-49(36-11-5-2-6-12-36)58-52(57-48)45-26-24-38-20-22-40(31-47(38)56-45)44-25-23-37-19-21-39(30-46(37)55-44)33-15-17-34(18-16-33)43-29-41-13-7-27-53-50(41)51-42(43)14-8-28-54-51/h1-36H;1-32H. The molecule has 0 atom stereocenters. The van der Waals surface area contributed by atoms with Gasteiger partial charge >= 0.3 is 0 Å². The molecule has 0 saturated heterocycles. The van der Waals surface area contributed by atoms with Crippen LogP contribution in [0.1, 0.15) is 0 Å². The first-order valence-electron chi connectivity index (χ1n) is 40.6. The van der Waals surface area contributed by atoms with E-state index in [2.05, 4.69) is 278 Å². The first kappa shape index (κ1) is 71.8. The quantitative estimate of drug-likeness (QED) is 0.101. The van der Waals surface area contributed by atoms with E-state index in [1.54, 1.807) is 0 Å². The van der Waals surface area contributed by atoms with Crippen LogP contribution in [-0.2, 0) is 0 Å². The van der Waals surface area contributed by atoms with Crippen molar-refractivity contribution in [3.8, 4) is 146 Å². The molecule has 568 valence electrons. The SMILES string of the molecule is c1ccc(-c2cc(-c3ccccc3)nc(-c3ccc4ccc(-c5ccc6ccc(-c7ccc(-c8cc9cccnc9c9ncccc89)cc7)cc6n5)cc4n3)n2)cc1.c1ccc(-c2cc(-c3ccccc3)nc(-c3ccc4ccc(-c5ccc6ccc(-c7ccc(-c8ccc9ccc%10ccc(-c%11ccccc%11)nc%10c9n8)cc7)cc6n5)cc4n3)n2)cc1. The van der Waals surface area contributed by atoms with Crippen LogP contribution in [0.2, 0.25) is 0 Å². The van der Waals surface area contributed by atoms with Crippen molar-refractivity contribution < 1.29 is 0 Å². The summed E-state index contributed by atoms with van der Waals surface area (Å²) >= 11 is 0. The number of hydrogen-bond acceptors (Lipinski definition) is 12. The highest BCUT2D eigenvalue weighted by atomic mass is 14.9. The Morgan fingerprint density at radius 3 is 0.836 bits per heavy atom. The summed E-state index contributed by atoms with van der Waals surface area (Å²) in [6, 6.07) is 138. The number of pyridine rings is 8. The van der Waals surface area contributed by atoms with Gasteiger partial charge < -0.3 is 0 Å². The molecule has 0 N–H and O–H groups in total.